The predicted molar refractivity (Wildman–Crippen MR) is 119 cm³/mol. The van der Waals surface area contributed by atoms with Gasteiger partial charge < -0.3 is 10.3 Å². The smallest absolute Gasteiger partial charge is 0.351 e. The Balaban J connectivity index is 1.61. The predicted octanol–water partition coefficient (Wildman–Crippen LogP) is 3.38. The van der Waals surface area contributed by atoms with E-state index in [0.717, 1.165) is 12.3 Å². The highest BCUT2D eigenvalue weighted by Gasteiger charge is 2.32. The van der Waals surface area contributed by atoms with Crippen LogP contribution in [-0.4, -0.2) is 58.0 Å². The average Bonchev–Trinajstić information content (AvgIpc) is 3.21. The maximum Gasteiger partial charge on any atom is 0.417 e. The van der Waals surface area contributed by atoms with E-state index >= 15 is 0 Å². The highest BCUT2D eigenvalue weighted by Crippen LogP contribution is 2.35. The van der Waals surface area contributed by atoms with Crippen molar-refractivity contribution >= 4 is 27.0 Å². The van der Waals surface area contributed by atoms with Crippen LogP contribution in [0.15, 0.2) is 24.7 Å². The molecule has 2 N–H and O–H groups in total. The van der Waals surface area contributed by atoms with E-state index in [1.165, 1.54) is 23.0 Å². The molecule has 0 radical (unpaired) electrons. The van der Waals surface area contributed by atoms with Crippen molar-refractivity contribution in [1.29, 1.82) is 5.26 Å². The van der Waals surface area contributed by atoms with Crippen LogP contribution in [0.2, 0.25) is 0 Å². The van der Waals surface area contributed by atoms with Crippen LogP contribution >= 0.6 is 0 Å². The molecule has 3 aromatic rings. The molecule has 0 bridgehead atoms. The Morgan fingerprint density at radius 3 is 2.59 bits per heavy atom. The Morgan fingerprint density at radius 2 is 1.97 bits per heavy atom. The van der Waals surface area contributed by atoms with E-state index in [9.17, 15) is 26.9 Å². The zero-order valence-electron chi connectivity index (χ0n) is 18.4. The minimum atomic E-state index is -4.56. The van der Waals surface area contributed by atoms with Gasteiger partial charge in [-0.25, -0.2) is 27.7 Å². The Labute approximate surface area is 194 Å². The summed E-state index contributed by atoms with van der Waals surface area (Å²) >= 11 is 0. The van der Waals surface area contributed by atoms with Crippen LogP contribution in [0, 0.1) is 17.2 Å². The topological polar surface area (TPSA) is 128 Å². The van der Waals surface area contributed by atoms with Crippen molar-refractivity contribution in [3.8, 4) is 17.3 Å². The van der Waals surface area contributed by atoms with Crippen LogP contribution in [-0.2, 0) is 16.2 Å². The molecule has 180 valence electrons. The van der Waals surface area contributed by atoms with E-state index in [0.29, 0.717) is 31.5 Å². The van der Waals surface area contributed by atoms with Crippen molar-refractivity contribution in [2.45, 2.75) is 32.0 Å². The quantitative estimate of drug-likeness (QED) is 0.558. The number of aromatic nitrogens is 4. The second-order valence-electron chi connectivity index (χ2n) is 8.32. The number of sulfonamides is 1. The first-order chi connectivity index (χ1) is 16.0. The summed E-state index contributed by atoms with van der Waals surface area (Å²) < 4.78 is 64.5. The van der Waals surface area contributed by atoms with E-state index in [2.05, 4.69) is 25.3 Å². The number of aromatic amines is 1. The van der Waals surface area contributed by atoms with Gasteiger partial charge in [-0.05, 0) is 31.7 Å². The van der Waals surface area contributed by atoms with E-state index in [4.69, 9.17) is 0 Å². The van der Waals surface area contributed by atoms with E-state index < -0.39 is 21.8 Å². The summed E-state index contributed by atoms with van der Waals surface area (Å²) in [5, 5.41) is 12.9. The van der Waals surface area contributed by atoms with Gasteiger partial charge in [-0.3, -0.25) is 0 Å². The number of hydrogen-bond acceptors (Lipinski definition) is 7. The second-order valence-corrected chi connectivity index (χ2v) is 10.3. The van der Waals surface area contributed by atoms with Gasteiger partial charge in [-0.2, -0.15) is 18.4 Å². The zero-order valence-corrected chi connectivity index (χ0v) is 19.2. The third kappa shape index (κ3) is 4.83. The number of hydrogen-bond donors (Lipinski definition) is 2. The number of nitrogens with one attached hydrogen (secondary N) is 2. The summed E-state index contributed by atoms with van der Waals surface area (Å²) in [6.07, 6.45) is 1.50. The summed E-state index contributed by atoms with van der Waals surface area (Å²) in [4.78, 5) is 15.3. The summed E-state index contributed by atoms with van der Waals surface area (Å²) in [6, 6.07) is 2.87. The maximum absolute atomic E-state index is 13.2. The highest BCUT2D eigenvalue weighted by molar-refractivity contribution is 7.88. The fourth-order valence-electron chi connectivity index (χ4n) is 4.12. The molecule has 1 aliphatic rings. The molecule has 4 rings (SSSR count). The molecule has 1 atom stereocenters. The van der Waals surface area contributed by atoms with E-state index in [1.54, 1.807) is 0 Å². The molecule has 4 heterocycles. The normalized spacial score (nSPS) is 16.9. The number of H-pyrrole nitrogens is 1. The van der Waals surface area contributed by atoms with Crippen molar-refractivity contribution in [3.05, 3.63) is 35.8 Å². The van der Waals surface area contributed by atoms with Gasteiger partial charge in [0.1, 0.15) is 11.7 Å². The van der Waals surface area contributed by atoms with Gasteiger partial charge in [-0.1, -0.05) is 0 Å². The fraction of sp³-hybridized carbons (Fsp3) is 0.429. The SMILES string of the molecule is CC(Nc1ncc(C#N)c(-c2c[nH]c3ncc(C(F)(F)F)cc23)n1)C1CCN(S(C)(=O)=O)CC1. The first kappa shape index (κ1) is 23.9. The summed E-state index contributed by atoms with van der Waals surface area (Å²) in [7, 11) is -3.22. The average molecular weight is 494 g/mol. The summed E-state index contributed by atoms with van der Waals surface area (Å²) in [5.74, 6) is 0.397. The molecule has 0 saturated carbocycles. The maximum atomic E-state index is 13.2. The minimum absolute atomic E-state index is 0.0936. The Hall–Kier alpha value is -3.24. The molecule has 0 spiro atoms. The van der Waals surface area contributed by atoms with Crippen LogP contribution in [0.4, 0.5) is 19.1 Å². The van der Waals surface area contributed by atoms with Gasteiger partial charge in [-0.15, -0.1) is 0 Å². The second kappa shape index (κ2) is 8.84. The van der Waals surface area contributed by atoms with Crippen LogP contribution < -0.4 is 5.32 Å². The Morgan fingerprint density at radius 1 is 1.26 bits per heavy atom. The molecular weight excluding hydrogens is 471 g/mol. The van der Waals surface area contributed by atoms with Crippen LogP contribution in [0.3, 0.4) is 0 Å². The van der Waals surface area contributed by atoms with Crippen molar-refractivity contribution in [3.63, 3.8) is 0 Å². The van der Waals surface area contributed by atoms with Crippen LogP contribution in [0.1, 0.15) is 30.9 Å². The standard InChI is InChI=1S/C21H22F3N7O2S/c1-12(13-3-5-31(6-4-13)34(2,32)33)29-20-28-9-14(8-25)18(30-20)17-11-27-19-16(17)7-15(10-26-19)21(22,23)24/h7,9-13H,3-6H2,1-2H3,(H,26,27)(H,28,29,30). The third-order valence-electron chi connectivity index (χ3n) is 6.05. The van der Waals surface area contributed by atoms with Crippen LogP contribution in [0.25, 0.3) is 22.3 Å². The molecule has 1 unspecified atom stereocenters. The van der Waals surface area contributed by atoms with Gasteiger partial charge in [0.25, 0.3) is 0 Å². The van der Waals surface area contributed by atoms with Gasteiger partial charge >= 0.3 is 6.18 Å². The van der Waals surface area contributed by atoms with Crippen molar-refractivity contribution < 1.29 is 21.6 Å². The molecule has 0 aliphatic carbocycles. The zero-order chi connectivity index (χ0) is 24.7. The lowest BCUT2D eigenvalue weighted by molar-refractivity contribution is -0.137. The molecule has 13 heteroatoms. The summed E-state index contributed by atoms with van der Waals surface area (Å²) in [5.41, 5.74) is -0.0546. The molecular formula is C21H22F3N7O2S. The lowest BCUT2D eigenvalue weighted by Crippen LogP contribution is -2.41. The van der Waals surface area contributed by atoms with Gasteiger partial charge in [0, 0.05) is 42.5 Å². The number of nitrogens with zero attached hydrogens (tertiary/aromatic N) is 5. The number of halogens is 3. The minimum Gasteiger partial charge on any atom is -0.351 e. The lowest BCUT2D eigenvalue weighted by Gasteiger charge is -2.33. The first-order valence-corrected chi connectivity index (χ1v) is 12.4. The van der Waals surface area contributed by atoms with Crippen molar-refractivity contribution in [1.82, 2.24) is 24.2 Å². The third-order valence-corrected chi connectivity index (χ3v) is 7.36. The Bertz CT molecular complexity index is 1360. The molecule has 9 nitrogen and oxygen atoms in total. The number of piperidine rings is 1. The van der Waals surface area contributed by atoms with E-state index in [-0.39, 0.29) is 40.2 Å². The number of pyridine rings is 1. The molecule has 3 aromatic heterocycles. The highest BCUT2D eigenvalue weighted by atomic mass is 32.2. The first-order valence-electron chi connectivity index (χ1n) is 10.5. The van der Waals surface area contributed by atoms with E-state index in [1.807, 2.05) is 13.0 Å². The van der Waals surface area contributed by atoms with Crippen molar-refractivity contribution in [2.75, 3.05) is 24.7 Å². The van der Waals surface area contributed by atoms with Gasteiger partial charge in [0.2, 0.25) is 16.0 Å². The fourth-order valence-corrected chi connectivity index (χ4v) is 5.00. The number of rotatable bonds is 5. The largest absolute Gasteiger partial charge is 0.417 e. The lowest BCUT2D eigenvalue weighted by atomic mass is 9.91. The number of alkyl halides is 3. The van der Waals surface area contributed by atoms with Crippen LogP contribution in [0.5, 0.6) is 0 Å². The monoisotopic (exact) mass is 493 g/mol. The molecule has 1 aliphatic heterocycles. The number of fused-ring (bicyclic) bond motifs is 1. The molecule has 34 heavy (non-hydrogen) atoms. The Kier molecular flexibility index (Phi) is 6.22. The summed E-state index contributed by atoms with van der Waals surface area (Å²) in [6.45, 7) is 2.80. The van der Waals surface area contributed by atoms with Gasteiger partial charge in [0.15, 0.2) is 0 Å². The van der Waals surface area contributed by atoms with Gasteiger partial charge in [0.05, 0.1) is 29.3 Å². The molecule has 0 amide bonds. The molecule has 0 aromatic carbocycles. The van der Waals surface area contributed by atoms with Crippen molar-refractivity contribution in [2.24, 2.45) is 5.92 Å². The number of anilines is 1. The molecule has 1 saturated heterocycles. The number of nitriles is 1. The molecule has 1 fully saturated rings.